The SMILES string of the molecule is CC(C)C([NH3+])C(=O)NN=Cc1ccc2nccnc2c1. The Morgan fingerprint density at radius 3 is 2.70 bits per heavy atom. The Morgan fingerprint density at radius 2 is 2.00 bits per heavy atom. The van der Waals surface area contributed by atoms with Gasteiger partial charge in [-0.3, -0.25) is 14.8 Å². The third kappa shape index (κ3) is 3.36. The highest BCUT2D eigenvalue weighted by atomic mass is 16.2. The molecular weight excluding hydrogens is 254 g/mol. The van der Waals surface area contributed by atoms with Gasteiger partial charge < -0.3 is 5.73 Å². The second-order valence-corrected chi connectivity index (χ2v) is 4.89. The number of carbonyl (C=O) groups excluding carboxylic acids is 1. The van der Waals surface area contributed by atoms with Crippen molar-refractivity contribution in [2.75, 3.05) is 0 Å². The fourth-order valence-electron chi connectivity index (χ4n) is 1.62. The normalized spacial score (nSPS) is 13.0. The maximum absolute atomic E-state index is 11.7. The van der Waals surface area contributed by atoms with Crippen LogP contribution >= 0.6 is 0 Å². The highest BCUT2D eigenvalue weighted by Gasteiger charge is 2.20. The molecule has 0 spiro atoms. The van der Waals surface area contributed by atoms with Crippen molar-refractivity contribution in [3.63, 3.8) is 0 Å². The minimum atomic E-state index is -0.311. The Morgan fingerprint density at radius 1 is 1.30 bits per heavy atom. The summed E-state index contributed by atoms with van der Waals surface area (Å²) in [7, 11) is 0. The first-order valence-electron chi connectivity index (χ1n) is 6.44. The highest BCUT2D eigenvalue weighted by molar-refractivity contribution is 5.88. The second kappa shape index (κ2) is 6.21. The molecule has 0 saturated carbocycles. The molecule has 2 rings (SSSR count). The van der Waals surface area contributed by atoms with Crippen molar-refractivity contribution in [1.82, 2.24) is 15.4 Å². The second-order valence-electron chi connectivity index (χ2n) is 4.89. The molecule has 1 aromatic heterocycles. The van der Waals surface area contributed by atoms with Gasteiger partial charge in [0, 0.05) is 18.3 Å². The van der Waals surface area contributed by atoms with Crippen LogP contribution in [0.5, 0.6) is 0 Å². The topological polar surface area (TPSA) is 94.9 Å². The van der Waals surface area contributed by atoms with Crippen LogP contribution in [0, 0.1) is 5.92 Å². The van der Waals surface area contributed by atoms with E-state index >= 15 is 0 Å². The minimum Gasteiger partial charge on any atom is -0.347 e. The van der Waals surface area contributed by atoms with Gasteiger partial charge in [0.1, 0.15) is 0 Å². The number of amides is 1. The van der Waals surface area contributed by atoms with Crippen LogP contribution in [0.25, 0.3) is 11.0 Å². The minimum absolute atomic E-state index is 0.182. The zero-order chi connectivity index (χ0) is 14.5. The first-order chi connectivity index (χ1) is 9.58. The number of hydrogen-bond donors (Lipinski definition) is 2. The third-order valence-electron chi connectivity index (χ3n) is 3.02. The standard InChI is InChI=1S/C14H17N5O/c1-9(2)13(15)14(20)19-18-8-10-3-4-11-12(7-10)17-6-5-16-11/h3-9,13H,15H2,1-2H3,(H,19,20)/p+1. The van der Waals surface area contributed by atoms with Gasteiger partial charge in [-0.25, -0.2) is 5.43 Å². The summed E-state index contributed by atoms with van der Waals surface area (Å²) in [4.78, 5) is 20.1. The van der Waals surface area contributed by atoms with E-state index in [4.69, 9.17) is 0 Å². The van der Waals surface area contributed by atoms with Gasteiger partial charge in [-0.05, 0) is 17.7 Å². The molecular formula is C14H18N5O+. The molecule has 6 nitrogen and oxygen atoms in total. The lowest BCUT2D eigenvalue weighted by molar-refractivity contribution is -0.414. The Bertz CT molecular complexity index is 638. The molecule has 104 valence electrons. The predicted molar refractivity (Wildman–Crippen MR) is 76.8 cm³/mol. The quantitative estimate of drug-likeness (QED) is 0.621. The van der Waals surface area contributed by atoms with Gasteiger partial charge in [-0.15, -0.1) is 0 Å². The van der Waals surface area contributed by atoms with E-state index in [1.807, 2.05) is 32.0 Å². The zero-order valence-corrected chi connectivity index (χ0v) is 11.6. The van der Waals surface area contributed by atoms with Gasteiger partial charge in [0.05, 0.1) is 17.2 Å². The number of nitrogens with zero attached hydrogens (tertiary/aromatic N) is 3. The summed E-state index contributed by atoms with van der Waals surface area (Å²) in [5.41, 5.74) is 8.76. The molecule has 1 amide bonds. The molecule has 6 heteroatoms. The molecule has 0 aliphatic rings. The maximum atomic E-state index is 11.7. The number of carbonyl (C=O) groups is 1. The molecule has 20 heavy (non-hydrogen) atoms. The van der Waals surface area contributed by atoms with Crippen molar-refractivity contribution in [2.24, 2.45) is 11.0 Å². The first kappa shape index (κ1) is 14.1. The lowest BCUT2D eigenvalue weighted by Crippen LogP contribution is -2.69. The third-order valence-corrected chi connectivity index (χ3v) is 3.02. The number of hydrogen-bond acceptors (Lipinski definition) is 4. The number of aromatic nitrogens is 2. The van der Waals surface area contributed by atoms with Crippen LogP contribution in [0.2, 0.25) is 0 Å². The molecule has 1 aromatic carbocycles. The summed E-state index contributed by atoms with van der Waals surface area (Å²) in [6.07, 6.45) is 4.87. The van der Waals surface area contributed by atoms with Gasteiger partial charge >= 0.3 is 0 Å². The van der Waals surface area contributed by atoms with Crippen molar-refractivity contribution >= 4 is 23.2 Å². The Hall–Kier alpha value is -2.34. The van der Waals surface area contributed by atoms with Crippen molar-refractivity contribution in [3.8, 4) is 0 Å². The molecule has 0 bridgehead atoms. The van der Waals surface area contributed by atoms with Crippen LogP contribution in [0.1, 0.15) is 19.4 Å². The largest absolute Gasteiger partial charge is 0.347 e. The number of nitrogens with one attached hydrogen (secondary N) is 1. The predicted octanol–water partition coefficient (Wildman–Crippen LogP) is 0.346. The summed E-state index contributed by atoms with van der Waals surface area (Å²) in [6, 6.07) is 5.29. The maximum Gasteiger partial charge on any atom is 0.298 e. The molecule has 0 fully saturated rings. The highest BCUT2D eigenvalue weighted by Crippen LogP contribution is 2.09. The smallest absolute Gasteiger partial charge is 0.298 e. The summed E-state index contributed by atoms with van der Waals surface area (Å²) in [5, 5.41) is 3.94. The molecule has 1 heterocycles. The fraction of sp³-hybridized carbons (Fsp3) is 0.286. The molecule has 0 radical (unpaired) electrons. The Balaban J connectivity index is 2.04. The van der Waals surface area contributed by atoms with E-state index in [1.54, 1.807) is 18.6 Å². The number of quaternary nitrogens is 1. The number of rotatable bonds is 4. The van der Waals surface area contributed by atoms with Crippen molar-refractivity contribution in [1.29, 1.82) is 0 Å². The first-order valence-corrected chi connectivity index (χ1v) is 6.44. The molecule has 2 aromatic rings. The van der Waals surface area contributed by atoms with Crippen molar-refractivity contribution in [2.45, 2.75) is 19.9 Å². The number of fused-ring (bicyclic) bond motifs is 1. The summed E-state index contributed by atoms with van der Waals surface area (Å²) < 4.78 is 0. The van der Waals surface area contributed by atoms with E-state index in [9.17, 15) is 4.79 Å². The number of hydrazone groups is 1. The van der Waals surface area contributed by atoms with E-state index in [0.717, 1.165) is 16.6 Å². The average Bonchev–Trinajstić information content (AvgIpc) is 2.46. The van der Waals surface area contributed by atoms with Crippen LogP contribution in [-0.4, -0.2) is 28.1 Å². The fourth-order valence-corrected chi connectivity index (χ4v) is 1.62. The van der Waals surface area contributed by atoms with E-state index in [2.05, 4.69) is 26.2 Å². The number of benzene rings is 1. The molecule has 0 saturated heterocycles. The van der Waals surface area contributed by atoms with Crippen LogP contribution in [0.4, 0.5) is 0 Å². The molecule has 1 atom stereocenters. The summed E-state index contributed by atoms with van der Waals surface area (Å²) >= 11 is 0. The average molecular weight is 272 g/mol. The van der Waals surface area contributed by atoms with Crippen LogP contribution in [0.15, 0.2) is 35.7 Å². The van der Waals surface area contributed by atoms with Crippen LogP contribution in [0.3, 0.4) is 0 Å². The lowest BCUT2D eigenvalue weighted by atomic mass is 10.1. The van der Waals surface area contributed by atoms with E-state index < -0.39 is 0 Å². The monoisotopic (exact) mass is 272 g/mol. The van der Waals surface area contributed by atoms with E-state index in [-0.39, 0.29) is 17.9 Å². The van der Waals surface area contributed by atoms with Gasteiger partial charge in [0.25, 0.3) is 5.91 Å². The molecule has 4 N–H and O–H groups in total. The Kier molecular flexibility index (Phi) is 4.37. The van der Waals surface area contributed by atoms with Crippen molar-refractivity contribution in [3.05, 3.63) is 36.2 Å². The molecule has 1 unspecified atom stereocenters. The molecule has 0 aliphatic carbocycles. The zero-order valence-electron chi connectivity index (χ0n) is 11.6. The summed E-state index contributed by atoms with van der Waals surface area (Å²) in [5.74, 6) is -0.00188. The lowest BCUT2D eigenvalue weighted by Gasteiger charge is -2.09. The van der Waals surface area contributed by atoms with Crippen molar-refractivity contribution < 1.29 is 10.5 Å². The van der Waals surface area contributed by atoms with Gasteiger partial charge in [0.15, 0.2) is 6.04 Å². The molecule has 0 aliphatic heterocycles. The van der Waals surface area contributed by atoms with Crippen LogP contribution < -0.4 is 11.2 Å². The van der Waals surface area contributed by atoms with Gasteiger partial charge in [0.2, 0.25) is 0 Å². The van der Waals surface area contributed by atoms with E-state index in [1.165, 1.54) is 0 Å². The summed E-state index contributed by atoms with van der Waals surface area (Å²) in [6.45, 7) is 3.89. The van der Waals surface area contributed by atoms with Gasteiger partial charge in [-0.1, -0.05) is 19.9 Å². The Labute approximate surface area is 117 Å². The van der Waals surface area contributed by atoms with Gasteiger partial charge in [-0.2, -0.15) is 5.10 Å². The van der Waals surface area contributed by atoms with E-state index in [0.29, 0.717) is 0 Å². The van der Waals surface area contributed by atoms with Crippen LogP contribution in [-0.2, 0) is 4.79 Å².